The molecule has 0 radical (unpaired) electrons. The van der Waals surface area contributed by atoms with Crippen LogP contribution in [0, 0.1) is 5.82 Å². The summed E-state index contributed by atoms with van der Waals surface area (Å²) < 4.78 is 18.7. The molecule has 2 rings (SSSR count). The van der Waals surface area contributed by atoms with Gasteiger partial charge >= 0.3 is 0 Å². The van der Waals surface area contributed by atoms with E-state index in [1.54, 1.807) is 19.2 Å². The third-order valence-electron chi connectivity index (χ3n) is 2.55. The summed E-state index contributed by atoms with van der Waals surface area (Å²) in [6.45, 7) is 0.662. The Balaban J connectivity index is 2.04. The normalized spacial score (nSPS) is 10.2. The predicted octanol–water partition coefficient (Wildman–Crippen LogP) is 4.21. The monoisotopic (exact) mass is 309 g/mol. The van der Waals surface area contributed by atoms with Crippen LogP contribution in [0.4, 0.5) is 10.1 Å². The van der Waals surface area contributed by atoms with Crippen LogP contribution in [-0.4, -0.2) is 7.11 Å². The van der Waals surface area contributed by atoms with E-state index in [1.165, 1.54) is 6.07 Å². The van der Waals surface area contributed by atoms with E-state index in [4.69, 9.17) is 4.74 Å². The highest BCUT2D eigenvalue weighted by Gasteiger charge is 2.01. The van der Waals surface area contributed by atoms with Crippen molar-refractivity contribution in [3.8, 4) is 5.75 Å². The van der Waals surface area contributed by atoms with E-state index in [9.17, 15) is 4.39 Å². The third kappa shape index (κ3) is 3.23. The van der Waals surface area contributed by atoms with Crippen molar-refractivity contribution in [3.05, 3.63) is 58.3 Å². The molecule has 0 amide bonds. The van der Waals surface area contributed by atoms with Crippen molar-refractivity contribution in [1.82, 2.24) is 0 Å². The molecule has 0 atom stereocenters. The van der Waals surface area contributed by atoms with Crippen LogP contribution in [0.25, 0.3) is 0 Å². The van der Waals surface area contributed by atoms with Crippen molar-refractivity contribution in [2.75, 3.05) is 12.4 Å². The Morgan fingerprint density at radius 1 is 1.22 bits per heavy atom. The van der Waals surface area contributed by atoms with Crippen molar-refractivity contribution in [3.63, 3.8) is 0 Å². The van der Waals surface area contributed by atoms with Crippen LogP contribution in [0.5, 0.6) is 5.75 Å². The first-order valence-electron chi connectivity index (χ1n) is 5.51. The van der Waals surface area contributed by atoms with Gasteiger partial charge in [-0.15, -0.1) is 0 Å². The van der Waals surface area contributed by atoms with E-state index < -0.39 is 0 Å². The Morgan fingerprint density at radius 3 is 2.78 bits per heavy atom. The van der Waals surface area contributed by atoms with Crippen molar-refractivity contribution >= 4 is 21.6 Å². The van der Waals surface area contributed by atoms with E-state index in [2.05, 4.69) is 21.2 Å². The molecular weight excluding hydrogens is 297 g/mol. The molecule has 0 saturated heterocycles. The summed E-state index contributed by atoms with van der Waals surface area (Å²) in [6, 6.07) is 12.7. The first-order chi connectivity index (χ1) is 8.69. The number of hydrogen-bond acceptors (Lipinski definition) is 2. The molecule has 0 aliphatic rings. The number of ether oxygens (including phenoxy) is 1. The zero-order valence-corrected chi connectivity index (χ0v) is 11.5. The minimum Gasteiger partial charge on any atom is -0.497 e. The van der Waals surface area contributed by atoms with Crippen LogP contribution < -0.4 is 10.1 Å². The zero-order chi connectivity index (χ0) is 13.0. The van der Waals surface area contributed by atoms with Gasteiger partial charge in [0.15, 0.2) is 0 Å². The molecule has 0 aromatic heterocycles. The van der Waals surface area contributed by atoms with Crippen LogP contribution in [0.1, 0.15) is 5.56 Å². The second-order valence-corrected chi connectivity index (χ2v) is 4.69. The number of rotatable bonds is 4. The summed E-state index contributed by atoms with van der Waals surface area (Å²) in [4.78, 5) is 0. The molecule has 2 nitrogen and oxygen atoms in total. The molecule has 1 N–H and O–H groups in total. The van der Waals surface area contributed by atoms with Gasteiger partial charge in [-0.05, 0) is 51.8 Å². The van der Waals surface area contributed by atoms with E-state index in [-0.39, 0.29) is 5.82 Å². The van der Waals surface area contributed by atoms with Gasteiger partial charge in [-0.3, -0.25) is 0 Å². The molecule has 0 fully saturated rings. The fourth-order valence-corrected chi connectivity index (χ4v) is 1.97. The van der Waals surface area contributed by atoms with Gasteiger partial charge in [-0.25, -0.2) is 4.39 Å². The van der Waals surface area contributed by atoms with Crippen LogP contribution in [0.3, 0.4) is 0 Å². The largest absolute Gasteiger partial charge is 0.497 e. The quantitative estimate of drug-likeness (QED) is 0.913. The molecule has 94 valence electrons. The number of nitrogens with one attached hydrogen (secondary N) is 1. The first-order valence-corrected chi connectivity index (χ1v) is 6.30. The molecule has 0 aliphatic heterocycles. The van der Waals surface area contributed by atoms with Gasteiger partial charge in [0.05, 0.1) is 11.6 Å². The van der Waals surface area contributed by atoms with Crippen LogP contribution in [0.15, 0.2) is 46.9 Å². The number of hydrogen-bond donors (Lipinski definition) is 1. The molecule has 0 spiro atoms. The first kappa shape index (κ1) is 12.9. The second-order valence-electron chi connectivity index (χ2n) is 3.83. The summed E-state index contributed by atoms with van der Waals surface area (Å²) in [5.74, 6) is 0.566. The minimum atomic E-state index is -0.262. The third-order valence-corrected chi connectivity index (χ3v) is 3.16. The van der Waals surface area contributed by atoms with Gasteiger partial charge in [-0.1, -0.05) is 12.1 Å². The van der Waals surface area contributed by atoms with Gasteiger partial charge in [0, 0.05) is 12.2 Å². The maximum atomic E-state index is 13.1. The minimum absolute atomic E-state index is 0.262. The number of benzene rings is 2. The Bertz CT molecular complexity index is 545. The Hall–Kier alpha value is -1.55. The predicted molar refractivity (Wildman–Crippen MR) is 74.4 cm³/mol. The van der Waals surface area contributed by atoms with Gasteiger partial charge < -0.3 is 10.1 Å². The number of anilines is 1. The zero-order valence-electron chi connectivity index (χ0n) is 9.91. The lowest BCUT2D eigenvalue weighted by Crippen LogP contribution is -1.99. The summed E-state index contributed by atoms with van der Waals surface area (Å²) in [7, 11) is 1.64. The molecule has 2 aromatic rings. The standard InChI is InChI=1S/C14H13BrFNO/c1-18-12-4-2-3-10(7-12)9-17-11-5-6-14(16)13(15)8-11/h2-8,17H,9H2,1H3. The molecule has 4 heteroatoms. The van der Waals surface area contributed by atoms with Gasteiger partial charge in [-0.2, -0.15) is 0 Å². The lowest BCUT2D eigenvalue weighted by Gasteiger charge is -2.08. The molecule has 0 aliphatic carbocycles. The maximum Gasteiger partial charge on any atom is 0.137 e. The van der Waals surface area contributed by atoms with Crippen LogP contribution in [0.2, 0.25) is 0 Å². The highest BCUT2D eigenvalue weighted by atomic mass is 79.9. The fraction of sp³-hybridized carbons (Fsp3) is 0.143. The van der Waals surface area contributed by atoms with Crippen molar-refractivity contribution in [2.24, 2.45) is 0 Å². The Labute approximate surface area is 114 Å². The average molecular weight is 310 g/mol. The summed E-state index contributed by atoms with van der Waals surface area (Å²) in [6.07, 6.45) is 0. The molecule has 0 saturated carbocycles. The molecule has 0 bridgehead atoms. The van der Waals surface area contributed by atoms with Gasteiger partial charge in [0.1, 0.15) is 11.6 Å². The smallest absolute Gasteiger partial charge is 0.137 e. The van der Waals surface area contributed by atoms with E-state index in [0.717, 1.165) is 17.0 Å². The number of methoxy groups -OCH3 is 1. The Kier molecular flexibility index (Phi) is 4.20. The average Bonchev–Trinajstić information content (AvgIpc) is 2.40. The molecule has 2 aromatic carbocycles. The van der Waals surface area contributed by atoms with E-state index in [0.29, 0.717) is 11.0 Å². The molecule has 0 heterocycles. The SMILES string of the molecule is COc1cccc(CNc2ccc(F)c(Br)c2)c1. The highest BCUT2D eigenvalue weighted by molar-refractivity contribution is 9.10. The fourth-order valence-electron chi connectivity index (χ4n) is 1.59. The maximum absolute atomic E-state index is 13.1. The van der Waals surface area contributed by atoms with Crippen molar-refractivity contribution in [1.29, 1.82) is 0 Å². The lowest BCUT2D eigenvalue weighted by molar-refractivity contribution is 0.414. The topological polar surface area (TPSA) is 21.3 Å². The molecule has 0 unspecified atom stereocenters. The van der Waals surface area contributed by atoms with E-state index in [1.807, 2.05) is 24.3 Å². The summed E-state index contributed by atoms with van der Waals surface area (Å²) in [5, 5.41) is 3.23. The van der Waals surface area contributed by atoms with Gasteiger partial charge in [0.25, 0.3) is 0 Å². The van der Waals surface area contributed by atoms with Crippen molar-refractivity contribution in [2.45, 2.75) is 6.54 Å². The van der Waals surface area contributed by atoms with Crippen LogP contribution >= 0.6 is 15.9 Å². The second kappa shape index (κ2) is 5.87. The summed E-state index contributed by atoms with van der Waals surface area (Å²) in [5.41, 5.74) is 1.97. The van der Waals surface area contributed by atoms with Gasteiger partial charge in [0.2, 0.25) is 0 Å². The molecule has 18 heavy (non-hydrogen) atoms. The molecular formula is C14H13BrFNO. The highest BCUT2D eigenvalue weighted by Crippen LogP contribution is 2.21. The number of halogens is 2. The lowest BCUT2D eigenvalue weighted by atomic mass is 10.2. The summed E-state index contributed by atoms with van der Waals surface area (Å²) >= 11 is 3.16. The van der Waals surface area contributed by atoms with Crippen LogP contribution in [-0.2, 0) is 6.54 Å². The van der Waals surface area contributed by atoms with E-state index >= 15 is 0 Å². The van der Waals surface area contributed by atoms with Crippen molar-refractivity contribution < 1.29 is 9.13 Å². The Morgan fingerprint density at radius 2 is 2.06 bits per heavy atom.